The number of alkyl halides is 2. The highest BCUT2D eigenvalue weighted by Gasteiger charge is 2.46. The molecule has 2 aromatic heterocycles. The Bertz CT molecular complexity index is 627. The van der Waals surface area contributed by atoms with Gasteiger partial charge in [-0.05, 0) is 0 Å². The summed E-state index contributed by atoms with van der Waals surface area (Å²) in [7, 11) is 0. The van der Waals surface area contributed by atoms with Crippen molar-refractivity contribution in [2.75, 3.05) is 36.0 Å². The minimum atomic E-state index is -2.48. The van der Waals surface area contributed by atoms with Crippen LogP contribution in [0.1, 0.15) is 24.5 Å². The SMILES string of the molecule is FC1(F)CC(c2csc(N3CCN(c4nccs4)CC3)n2)C1. The van der Waals surface area contributed by atoms with E-state index in [9.17, 15) is 8.78 Å². The van der Waals surface area contributed by atoms with Crippen molar-refractivity contribution in [2.24, 2.45) is 0 Å². The van der Waals surface area contributed by atoms with Gasteiger partial charge in [0.1, 0.15) is 0 Å². The number of hydrogen-bond acceptors (Lipinski definition) is 6. The van der Waals surface area contributed by atoms with E-state index in [1.165, 1.54) is 0 Å². The predicted octanol–water partition coefficient (Wildman–Crippen LogP) is 3.44. The Morgan fingerprint density at radius 3 is 2.32 bits per heavy atom. The number of piperazine rings is 1. The molecule has 1 aliphatic heterocycles. The molecule has 1 aliphatic carbocycles. The van der Waals surface area contributed by atoms with Crippen molar-refractivity contribution >= 4 is 32.9 Å². The van der Waals surface area contributed by atoms with Crippen LogP contribution < -0.4 is 9.80 Å². The number of thiazole rings is 2. The summed E-state index contributed by atoms with van der Waals surface area (Å²) in [5.74, 6) is -2.54. The second-order valence-electron chi connectivity index (χ2n) is 5.80. The molecule has 4 rings (SSSR count). The van der Waals surface area contributed by atoms with Gasteiger partial charge in [-0.25, -0.2) is 18.7 Å². The summed E-state index contributed by atoms with van der Waals surface area (Å²) in [4.78, 5) is 13.5. The van der Waals surface area contributed by atoms with E-state index in [4.69, 9.17) is 0 Å². The first-order valence-corrected chi connectivity index (χ1v) is 9.09. The first-order chi connectivity index (χ1) is 10.6. The van der Waals surface area contributed by atoms with E-state index < -0.39 is 5.92 Å². The van der Waals surface area contributed by atoms with E-state index in [-0.39, 0.29) is 18.8 Å². The largest absolute Gasteiger partial charge is 0.345 e. The maximum Gasteiger partial charge on any atom is 0.249 e. The first-order valence-electron chi connectivity index (χ1n) is 7.33. The molecule has 0 radical (unpaired) electrons. The second-order valence-corrected chi connectivity index (χ2v) is 7.51. The lowest BCUT2D eigenvalue weighted by atomic mass is 9.80. The van der Waals surface area contributed by atoms with Crippen molar-refractivity contribution in [1.82, 2.24) is 9.97 Å². The zero-order valence-corrected chi connectivity index (χ0v) is 13.5. The number of halogens is 2. The number of hydrogen-bond donors (Lipinski definition) is 0. The minimum Gasteiger partial charge on any atom is -0.345 e. The van der Waals surface area contributed by atoms with Crippen LogP contribution in [0.2, 0.25) is 0 Å². The van der Waals surface area contributed by atoms with Crippen LogP contribution in [0, 0.1) is 0 Å². The number of anilines is 2. The number of aromatic nitrogens is 2. The molecule has 0 spiro atoms. The van der Waals surface area contributed by atoms with Crippen molar-refractivity contribution in [3.63, 3.8) is 0 Å². The van der Waals surface area contributed by atoms with Gasteiger partial charge in [-0.15, -0.1) is 22.7 Å². The summed E-state index contributed by atoms with van der Waals surface area (Å²) in [5, 5.41) is 5.96. The Morgan fingerprint density at radius 1 is 1.05 bits per heavy atom. The van der Waals surface area contributed by atoms with Gasteiger partial charge in [-0.3, -0.25) is 0 Å². The lowest BCUT2D eigenvalue weighted by Crippen LogP contribution is -2.46. The van der Waals surface area contributed by atoms with Crippen molar-refractivity contribution in [1.29, 1.82) is 0 Å². The molecule has 2 fully saturated rings. The van der Waals surface area contributed by atoms with Gasteiger partial charge in [-0.1, -0.05) is 0 Å². The van der Waals surface area contributed by atoms with Gasteiger partial charge < -0.3 is 9.80 Å². The zero-order chi connectivity index (χ0) is 15.2. The zero-order valence-electron chi connectivity index (χ0n) is 11.9. The molecule has 118 valence electrons. The smallest absolute Gasteiger partial charge is 0.249 e. The summed E-state index contributed by atoms with van der Waals surface area (Å²) >= 11 is 3.23. The van der Waals surface area contributed by atoms with Crippen LogP contribution in [-0.2, 0) is 0 Å². The lowest BCUT2D eigenvalue weighted by molar-refractivity contribution is -0.0874. The molecule has 8 heteroatoms. The summed E-state index contributed by atoms with van der Waals surface area (Å²) in [6.45, 7) is 3.63. The van der Waals surface area contributed by atoms with Crippen LogP contribution in [0.15, 0.2) is 17.0 Å². The fourth-order valence-corrected chi connectivity index (χ4v) is 4.60. The molecule has 3 heterocycles. The van der Waals surface area contributed by atoms with Gasteiger partial charge in [-0.2, -0.15) is 0 Å². The third-order valence-electron chi connectivity index (χ3n) is 4.26. The van der Waals surface area contributed by atoms with Crippen LogP contribution in [0.4, 0.5) is 19.0 Å². The molecule has 22 heavy (non-hydrogen) atoms. The Hall–Kier alpha value is -1.28. The normalized spacial score (nSPS) is 21.9. The van der Waals surface area contributed by atoms with E-state index in [0.717, 1.165) is 42.1 Å². The highest BCUT2D eigenvalue weighted by molar-refractivity contribution is 7.14. The molecule has 1 saturated heterocycles. The molecule has 0 unspecified atom stereocenters. The summed E-state index contributed by atoms with van der Waals surface area (Å²) in [5.41, 5.74) is 0.841. The summed E-state index contributed by atoms with van der Waals surface area (Å²) in [6.07, 6.45) is 1.73. The Kier molecular flexibility index (Phi) is 3.53. The van der Waals surface area contributed by atoms with Crippen LogP contribution >= 0.6 is 22.7 Å². The second kappa shape index (κ2) is 5.42. The van der Waals surface area contributed by atoms with Gasteiger partial charge >= 0.3 is 0 Å². The molecule has 0 amide bonds. The van der Waals surface area contributed by atoms with Gasteiger partial charge in [0.25, 0.3) is 0 Å². The van der Waals surface area contributed by atoms with Crippen molar-refractivity contribution in [3.8, 4) is 0 Å². The maximum atomic E-state index is 13.0. The Labute approximate surface area is 135 Å². The van der Waals surface area contributed by atoms with Crippen LogP contribution in [0.5, 0.6) is 0 Å². The third-order valence-corrected chi connectivity index (χ3v) is 6.01. The standard InChI is InChI=1S/C14H16F2N4S2/c15-14(16)7-10(8-14)11-9-22-13(18-11)20-4-2-19(3-5-20)12-17-1-6-21-12/h1,6,9-10H,2-5,7-8H2. The molecule has 2 aliphatic rings. The fourth-order valence-electron chi connectivity index (χ4n) is 2.94. The van der Waals surface area contributed by atoms with E-state index in [1.54, 1.807) is 22.7 Å². The van der Waals surface area contributed by atoms with E-state index in [1.807, 2.05) is 17.0 Å². The average Bonchev–Trinajstić information content (AvgIpc) is 3.16. The summed E-state index contributed by atoms with van der Waals surface area (Å²) < 4.78 is 25.9. The van der Waals surface area contributed by atoms with Crippen molar-refractivity contribution in [3.05, 3.63) is 22.7 Å². The van der Waals surface area contributed by atoms with E-state index >= 15 is 0 Å². The third kappa shape index (κ3) is 2.69. The Morgan fingerprint density at radius 2 is 1.73 bits per heavy atom. The minimum absolute atomic E-state index is 0.0476. The van der Waals surface area contributed by atoms with E-state index in [0.29, 0.717) is 0 Å². The monoisotopic (exact) mass is 342 g/mol. The molecule has 4 nitrogen and oxygen atoms in total. The molecular weight excluding hydrogens is 326 g/mol. The molecule has 0 atom stereocenters. The first kappa shape index (κ1) is 14.3. The topological polar surface area (TPSA) is 32.3 Å². The highest BCUT2D eigenvalue weighted by Crippen LogP contribution is 2.48. The highest BCUT2D eigenvalue weighted by atomic mass is 32.1. The van der Waals surface area contributed by atoms with Crippen LogP contribution in [0.3, 0.4) is 0 Å². The fraction of sp³-hybridized carbons (Fsp3) is 0.571. The van der Waals surface area contributed by atoms with E-state index in [2.05, 4.69) is 19.8 Å². The van der Waals surface area contributed by atoms with Gasteiger partial charge in [0, 0.05) is 61.9 Å². The van der Waals surface area contributed by atoms with Crippen molar-refractivity contribution < 1.29 is 8.78 Å². The van der Waals surface area contributed by atoms with Crippen LogP contribution in [-0.4, -0.2) is 42.1 Å². The average molecular weight is 342 g/mol. The van der Waals surface area contributed by atoms with Crippen LogP contribution in [0.25, 0.3) is 0 Å². The maximum absolute atomic E-state index is 13.0. The predicted molar refractivity (Wildman–Crippen MR) is 85.6 cm³/mol. The van der Waals surface area contributed by atoms with Gasteiger partial charge in [0.05, 0.1) is 5.69 Å². The lowest BCUT2D eigenvalue weighted by Gasteiger charge is -2.35. The molecule has 0 N–H and O–H groups in total. The van der Waals surface area contributed by atoms with Gasteiger partial charge in [0.2, 0.25) is 5.92 Å². The molecule has 2 aromatic rings. The van der Waals surface area contributed by atoms with Gasteiger partial charge in [0.15, 0.2) is 10.3 Å². The molecular formula is C14H16F2N4S2. The quantitative estimate of drug-likeness (QED) is 0.855. The van der Waals surface area contributed by atoms with Crippen molar-refractivity contribution in [2.45, 2.75) is 24.7 Å². The molecule has 0 bridgehead atoms. The summed E-state index contributed by atoms with van der Waals surface area (Å²) in [6, 6.07) is 0. The Balaban J connectivity index is 1.37. The number of rotatable bonds is 3. The molecule has 1 saturated carbocycles. The number of nitrogens with zero attached hydrogens (tertiary/aromatic N) is 4. The molecule has 0 aromatic carbocycles.